The molecule has 5 N–H and O–H groups in total. The number of hydrogen-bond acceptors (Lipinski definition) is 10. The van der Waals surface area contributed by atoms with Gasteiger partial charge in [-0.1, -0.05) is 11.8 Å². The second-order valence-electron chi connectivity index (χ2n) is 11.5. The van der Waals surface area contributed by atoms with Crippen molar-refractivity contribution in [2.45, 2.75) is 64.9 Å². The maximum Gasteiger partial charge on any atom is 0.330 e. The van der Waals surface area contributed by atoms with E-state index in [4.69, 9.17) is 35.1 Å². The lowest BCUT2D eigenvalue weighted by atomic mass is 9.94. The number of ether oxygens (including phenoxy) is 3. The molecule has 3 heterocycles. The number of nitrogens with zero attached hydrogens (tertiary/aromatic N) is 1. The molecule has 0 radical (unpaired) electrons. The van der Waals surface area contributed by atoms with E-state index in [9.17, 15) is 19.2 Å². The van der Waals surface area contributed by atoms with Crippen LogP contribution in [0.2, 0.25) is 0 Å². The monoisotopic (exact) mass is 634 g/mol. The summed E-state index contributed by atoms with van der Waals surface area (Å²) in [6.07, 6.45) is 2.40. The lowest BCUT2D eigenvalue weighted by Gasteiger charge is -2.16. The van der Waals surface area contributed by atoms with Crippen LogP contribution in [0.1, 0.15) is 55.2 Å². The molecule has 13 heteroatoms. The number of methoxy groups -OCH3 is 2. The number of benzene rings is 2. The molecule has 1 aromatic carbocycles. The van der Waals surface area contributed by atoms with Crippen molar-refractivity contribution in [3.8, 4) is 28.9 Å². The summed E-state index contributed by atoms with van der Waals surface area (Å²) in [5.74, 6) is 11.2. The average Bonchev–Trinajstić information content (AvgIpc) is 3.46. The first-order chi connectivity index (χ1) is 21.8. The molecule has 2 aliphatic heterocycles. The lowest BCUT2D eigenvalue weighted by molar-refractivity contribution is -0.117. The fourth-order valence-electron chi connectivity index (χ4n) is 5.06. The highest BCUT2D eigenvalue weighted by Gasteiger charge is 2.27. The standard InChI is InChI=1S/C18H17NO4.C15H21N3O5/c1-9-4-12-11(6-18(19)21)13-5-10(2)15(22-3)8-17(13)23-16(12)7-14(9)20;1-15(2,23-16)7-6-10-8-18(14(20)17-13(10)19)12-5-4-11(22-12)9-21-3/h4-5,7-8H,6H2,1-3H3,(H2,19,21);8,11-12H,4-5,9,16H2,1-3H3,(H,17,19,20)/t;11-,12?/m.0/s1. The number of aromatic nitrogens is 2. The molecule has 3 aliphatic rings. The van der Waals surface area contributed by atoms with Crippen molar-refractivity contribution >= 4 is 16.9 Å². The largest absolute Gasteiger partial charge is 0.496 e. The Labute approximate surface area is 264 Å². The molecule has 5 rings (SSSR count). The number of aryl methyl sites for hydroxylation is 2. The topological polar surface area (TPSA) is 191 Å². The Morgan fingerprint density at radius 3 is 2.50 bits per heavy atom. The molecule has 1 fully saturated rings. The summed E-state index contributed by atoms with van der Waals surface area (Å²) in [6, 6.07) is 6.87. The van der Waals surface area contributed by atoms with Crippen LogP contribution in [-0.4, -0.2) is 48.0 Å². The van der Waals surface area contributed by atoms with Gasteiger partial charge in [0.25, 0.3) is 5.56 Å². The van der Waals surface area contributed by atoms with Crippen LogP contribution < -0.4 is 33.0 Å². The van der Waals surface area contributed by atoms with Gasteiger partial charge in [0.15, 0.2) is 5.43 Å². The van der Waals surface area contributed by atoms with Gasteiger partial charge in [-0.25, -0.2) is 10.7 Å². The number of amides is 1. The zero-order valence-corrected chi connectivity index (χ0v) is 26.6. The Morgan fingerprint density at radius 2 is 1.85 bits per heavy atom. The Kier molecular flexibility index (Phi) is 10.5. The summed E-state index contributed by atoms with van der Waals surface area (Å²) < 4.78 is 23.3. The summed E-state index contributed by atoms with van der Waals surface area (Å²) in [6.45, 7) is 7.45. The number of carbonyl (C=O) groups excluding carboxylic acids is 1. The highest BCUT2D eigenvalue weighted by Crippen LogP contribution is 2.36. The van der Waals surface area contributed by atoms with E-state index in [1.165, 1.54) is 16.8 Å². The molecule has 1 saturated heterocycles. The zero-order chi connectivity index (χ0) is 33.8. The lowest BCUT2D eigenvalue weighted by Crippen LogP contribution is -2.34. The fraction of sp³-hybridized carbons (Fsp3) is 0.394. The summed E-state index contributed by atoms with van der Waals surface area (Å²) in [4.78, 5) is 54.3. The number of carbonyl (C=O) groups is 1. The quantitative estimate of drug-likeness (QED) is 0.155. The molecule has 1 unspecified atom stereocenters. The Bertz CT molecular complexity index is 1960. The minimum Gasteiger partial charge on any atom is -0.496 e. The van der Waals surface area contributed by atoms with Gasteiger partial charge >= 0.3 is 5.69 Å². The van der Waals surface area contributed by atoms with Crippen molar-refractivity contribution in [2.24, 2.45) is 11.6 Å². The van der Waals surface area contributed by atoms with Crippen LogP contribution in [0, 0.1) is 25.7 Å². The van der Waals surface area contributed by atoms with E-state index in [1.54, 1.807) is 47.1 Å². The van der Waals surface area contributed by atoms with Gasteiger partial charge in [-0.3, -0.25) is 28.8 Å². The maximum atomic E-state index is 12.0. The Balaban J connectivity index is 0.000000209. The smallest absolute Gasteiger partial charge is 0.330 e. The number of nitrogens with two attached hydrogens (primary N) is 2. The molecule has 2 aromatic rings. The predicted octanol–water partition coefficient (Wildman–Crippen LogP) is 2.43. The summed E-state index contributed by atoms with van der Waals surface area (Å²) in [5.41, 5.74) is 7.05. The first kappa shape index (κ1) is 34.1. The van der Waals surface area contributed by atoms with Gasteiger partial charge in [0.1, 0.15) is 34.5 Å². The molecule has 46 heavy (non-hydrogen) atoms. The predicted molar refractivity (Wildman–Crippen MR) is 171 cm³/mol. The van der Waals surface area contributed by atoms with E-state index in [1.807, 2.05) is 13.0 Å². The average molecular weight is 635 g/mol. The normalized spacial score (nSPS) is 16.1. The van der Waals surface area contributed by atoms with Gasteiger partial charge in [0, 0.05) is 36.4 Å². The van der Waals surface area contributed by atoms with Crippen molar-refractivity contribution in [2.75, 3.05) is 20.8 Å². The fourth-order valence-corrected chi connectivity index (χ4v) is 5.06. The minimum absolute atomic E-state index is 0.0667. The second kappa shape index (κ2) is 14.1. The van der Waals surface area contributed by atoms with Gasteiger partial charge in [-0.2, -0.15) is 0 Å². The number of rotatable bonds is 7. The van der Waals surface area contributed by atoms with Crippen molar-refractivity contribution in [3.05, 3.63) is 83.8 Å². The maximum absolute atomic E-state index is 12.0. The Hall–Kier alpha value is -4.74. The number of H-pyrrole nitrogens is 1. The van der Waals surface area contributed by atoms with E-state index in [2.05, 4.69) is 16.8 Å². The first-order valence-electron chi connectivity index (χ1n) is 14.5. The van der Waals surface area contributed by atoms with Crippen LogP contribution >= 0.6 is 0 Å². The molecule has 1 aliphatic carbocycles. The number of hydrogen-bond donors (Lipinski definition) is 3. The molecular weight excluding hydrogens is 596 g/mol. The van der Waals surface area contributed by atoms with Crippen LogP contribution in [0.15, 0.2) is 49.3 Å². The first-order valence-corrected chi connectivity index (χ1v) is 14.5. The molecule has 244 valence electrons. The van der Waals surface area contributed by atoms with Gasteiger partial charge in [0.2, 0.25) is 5.91 Å². The van der Waals surface area contributed by atoms with Crippen molar-refractivity contribution in [1.29, 1.82) is 0 Å². The van der Waals surface area contributed by atoms with E-state index in [0.29, 0.717) is 35.7 Å². The third kappa shape index (κ3) is 7.72. The van der Waals surface area contributed by atoms with E-state index in [0.717, 1.165) is 28.5 Å². The van der Waals surface area contributed by atoms with Crippen molar-refractivity contribution in [3.63, 3.8) is 0 Å². The van der Waals surface area contributed by atoms with E-state index >= 15 is 0 Å². The molecule has 1 amide bonds. The number of nitrogens with one attached hydrogen (secondary N) is 1. The molecule has 0 spiro atoms. The van der Waals surface area contributed by atoms with Gasteiger partial charge in [0.05, 0.1) is 26.2 Å². The third-order valence-electron chi connectivity index (χ3n) is 7.50. The second-order valence-corrected chi connectivity index (χ2v) is 11.5. The molecule has 2 atom stereocenters. The minimum atomic E-state index is -0.902. The highest BCUT2D eigenvalue weighted by atomic mass is 16.6. The molecule has 0 saturated carbocycles. The van der Waals surface area contributed by atoms with E-state index in [-0.39, 0.29) is 23.5 Å². The number of primary amides is 1. The SMILES string of the molecule is COC[C@@H]1CCC(n2cc(C#CC(C)(C)ON)c(=O)[nH]c2=O)O1.COc1cc2oc3cc(=O)c(C)cc-3c(CC(N)=O)c2cc1C. The van der Waals surface area contributed by atoms with Gasteiger partial charge in [-0.15, -0.1) is 0 Å². The van der Waals surface area contributed by atoms with Crippen molar-refractivity contribution < 1.29 is 28.3 Å². The van der Waals surface area contributed by atoms with E-state index < -0.39 is 29.0 Å². The molecular formula is C33H38N4O9. The molecule has 1 aromatic heterocycles. The number of fused-ring (bicyclic) bond motifs is 2. The van der Waals surface area contributed by atoms with Crippen molar-refractivity contribution in [1.82, 2.24) is 9.55 Å². The summed E-state index contributed by atoms with van der Waals surface area (Å²) in [5, 5.41) is 0.799. The van der Waals surface area contributed by atoms with Crippen LogP contribution in [0.25, 0.3) is 22.3 Å². The van der Waals surface area contributed by atoms with Crippen LogP contribution in [0.4, 0.5) is 0 Å². The molecule has 13 nitrogen and oxygen atoms in total. The third-order valence-corrected chi connectivity index (χ3v) is 7.50. The molecule has 0 bridgehead atoms. The van der Waals surface area contributed by atoms with Crippen LogP contribution in [-0.2, 0) is 25.5 Å². The highest BCUT2D eigenvalue weighted by molar-refractivity contribution is 5.93. The van der Waals surface area contributed by atoms with Crippen LogP contribution in [0.5, 0.6) is 5.75 Å². The zero-order valence-electron chi connectivity index (χ0n) is 26.6. The summed E-state index contributed by atoms with van der Waals surface area (Å²) in [7, 11) is 3.18. The summed E-state index contributed by atoms with van der Waals surface area (Å²) >= 11 is 0. The van der Waals surface area contributed by atoms with Gasteiger partial charge < -0.3 is 24.4 Å². The Morgan fingerprint density at radius 1 is 1.11 bits per heavy atom. The number of aromatic amines is 1. The van der Waals surface area contributed by atoms with Crippen LogP contribution in [0.3, 0.4) is 0 Å². The van der Waals surface area contributed by atoms with Gasteiger partial charge in [-0.05, 0) is 69.4 Å².